The second-order valence-corrected chi connectivity index (χ2v) is 5.34. The molecular formula is C15H17ClN2O5. The van der Waals surface area contributed by atoms with E-state index in [-0.39, 0.29) is 18.9 Å². The summed E-state index contributed by atoms with van der Waals surface area (Å²) in [7, 11) is 0. The maximum atomic E-state index is 11.8. The zero-order chi connectivity index (χ0) is 17.0. The normalized spacial score (nSPS) is 12.1. The number of ether oxygens (including phenoxy) is 1. The van der Waals surface area contributed by atoms with Crippen LogP contribution in [0, 0.1) is 0 Å². The number of likely N-dealkylation sites (N-methyl/N-ethyl adjacent to an activating group) is 1. The average molecular weight is 341 g/mol. The first kappa shape index (κ1) is 17.1. The first-order chi connectivity index (χ1) is 10.9. The number of esters is 1. The van der Waals surface area contributed by atoms with Gasteiger partial charge in [0.05, 0.1) is 11.9 Å². The minimum absolute atomic E-state index is 0.0547. The minimum Gasteiger partial charge on any atom is -0.452 e. The van der Waals surface area contributed by atoms with Gasteiger partial charge in [0.15, 0.2) is 11.7 Å². The number of fused-ring (bicyclic) bond motifs is 1. The molecule has 124 valence electrons. The highest BCUT2D eigenvalue weighted by molar-refractivity contribution is 6.31. The van der Waals surface area contributed by atoms with Crippen LogP contribution in [-0.4, -0.2) is 29.1 Å². The van der Waals surface area contributed by atoms with Crippen LogP contribution in [0.2, 0.25) is 5.02 Å². The Morgan fingerprint density at radius 1 is 1.43 bits per heavy atom. The molecule has 0 bridgehead atoms. The monoisotopic (exact) mass is 340 g/mol. The maximum absolute atomic E-state index is 11.8. The standard InChI is InChI=1S/C15H17ClN2O5/c1-3-17-14(20)9(2)22-13(19)6-7-18-11-5-4-10(16)8-12(11)23-15(18)21/h4-5,8-9H,3,6-7H2,1-2H3,(H,17,20). The van der Waals surface area contributed by atoms with E-state index in [0.717, 1.165) is 0 Å². The number of hydrogen-bond donors (Lipinski definition) is 1. The quantitative estimate of drug-likeness (QED) is 0.808. The Bertz CT molecular complexity index is 780. The lowest BCUT2D eigenvalue weighted by atomic mass is 10.3. The fraction of sp³-hybridized carbons (Fsp3) is 0.400. The highest BCUT2D eigenvalue weighted by Crippen LogP contribution is 2.18. The molecule has 1 heterocycles. The summed E-state index contributed by atoms with van der Waals surface area (Å²) in [4.78, 5) is 35.1. The van der Waals surface area contributed by atoms with E-state index in [1.54, 1.807) is 19.1 Å². The summed E-state index contributed by atoms with van der Waals surface area (Å²) in [6.45, 7) is 3.81. The largest absolute Gasteiger partial charge is 0.452 e. The third kappa shape index (κ3) is 4.13. The number of benzene rings is 1. The molecule has 23 heavy (non-hydrogen) atoms. The Morgan fingerprint density at radius 2 is 2.17 bits per heavy atom. The van der Waals surface area contributed by atoms with E-state index >= 15 is 0 Å². The van der Waals surface area contributed by atoms with Crippen LogP contribution in [0.25, 0.3) is 11.1 Å². The molecule has 1 unspecified atom stereocenters. The maximum Gasteiger partial charge on any atom is 0.419 e. The van der Waals surface area contributed by atoms with Crippen LogP contribution in [0.3, 0.4) is 0 Å². The number of halogens is 1. The van der Waals surface area contributed by atoms with Crippen LogP contribution in [0.5, 0.6) is 0 Å². The van der Waals surface area contributed by atoms with Gasteiger partial charge in [-0.2, -0.15) is 0 Å². The topological polar surface area (TPSA) is 90.5 Å². The van der Waals surface area contributed by atoms with Crippen molar-refractivity contribution in [2.24, 2.45) is 0 Å². The van der Waals surface area contributed by atoms with E-state index in [4.69, 9.17) is 20.8 Å². The van der Waals surface area contributed by atoms with Gasteiger partial charge in [0.1, 0.15) is 0 Å². The molecule has 2 aromatic rings. The van der Waals surface area contributed by atoms with Gasteiger partial charge in [-0.15, -0.1) is 0 Å². The molecule has 1 aromatic carbocycles. The van der Waals surface area contributed by atoms with Crippen molar-refractivity contribution in [3.8, 4) is 0 Å². The molecule has 1 N–H and O–H groups in total. The van der Waals surface area contributed by atoms with Gasteiger partial charge in [-0.25, -0.2) is 4.79 Å². The van der Waals surface area contributed by atoms with Gasteiger partial charge in [0.2, 0.25) is 0 Å². The van der Waals surface area contributed by atoms with Gasteiger partial charge in [-0.05, 0) is 26.0 Å². The number of carbonyl (C=O) groups excluding carboxylic acids is 2. The van der Waals surface area contributed by atoms with Crippen molar-refractivity contribution >= 4 is 34.6 Å². The fourth-order valence-corrected chi connectivity index (χ4v) is 2.24. The van der Waals surface area contributed by atoms with Crippen LogP contribution >= 0.6 is 11.6 Å². The van der Waals surface area contributed by atoms with E-state index in [1.165, 1.54) is 17.6 Å². The summed E-state index contributed by atoms with van der Waals surface area (Å²) in [5.74, 6) is -1.51. The third-order valence-electron chi connectivity index (χ3n) is 3.20. The summed E-state index contributed by atoms with van der Waals surface area (Å²) in [5.41, 5.74) is 0.899. The lowest BCUT2D eigenvalue weighted by Gasteiger charge is -2.12. The molecule has 0 aliphatic carbocycles. The molecule has 0 saturated carbocycles. The van der Waals surface area contributed by atoms with E-state index in [2.05, 4.69) is 5.32 Å². The number of hydrogen-bond acceptors (Lipinski definition) is 5. The van der Waals surface area contributed by atoms with Gasteiger partial charge in [-0.3, -0.25) is 14.2 Å². The van der Waals surface area contributed by atoms with E-state index in [9.17, 15) is 14.4 Å². The van der Waals surface area contributed by atoms with E-state index in [0.29, 0.717) is 22.7 Å². The molecule has 1 amide bonds. The molecule has 8 heteroatoms. The third-order valence-corrected chi connectivity index (χ3v) is 3.43. The summed E-state index contributed by atoms with van der Waals surface area (Å²) in [5, 5.41) is 3.01. The minimum atomic E-state index is -0.876. The van der Waals surface area contributed by atoms with Gasteiger partial charge in [0, 0.05) is 24.2 Å². The first-order valence-corrected chi connectivity index (χ1v) is 7.56. The molecule has 2 rings (SSSR count). The number of amides is 1. The lowest BCUT2D eigenvalue weighted by molar-refractivity contribution is -0.155. The van der Waals surface area contributed by atoms with Crippen molar-refractivity contribution in [2.45, 2.75) is 32.9 Å². The summed E-state index contributed by atoms with van der Waals surface area (Å²) >= 11 is 5.84. The number of nitrogens with one attached hydrogen (secondary N) is 1. The van der Waals surface area contributed by atoms with Crippen LogP contribution in [0.4, 0.5) is 0 Å². The molecule has 0 radical (unpaired) electrons. The number of nitrogens with zero attached hydrogens (tertiary/aromatic N) is 1. The molecule has 1 atom stereocenters. The Morgan fingerprint density at radius 3 is 2.87 bits per heavy atom. The van der Waals surface area contributed by atoms with Crippen molar-refractivity contribution in [3.63, 3.8) is 0 Å². The second kappa shape index (κ2) is 7.32. The number of carbonyl (C=O) groups is 2. The van der Waals surface area contributed by atoms with Crippen LogP contribution in [-0.2, 0) is 20.9 Å². The van der Waals surface area contributed by atoms with E-state index < -0.39 is 17.8 Å². The molecule has 0 aliphatic heterocycles. The van der Waals surface area contributed by atoms with Crippen molar-refractivity contribution in [3.05, 3.63) is 33.8 Å². The summed E-state index contributed by atoms with van der Waals surface area (Å²) in [6.07, 6.45) is -0.931. The molecule has 7 nitrogen and oxygen atoms in total. The molecule has 0 aliphatic rings. The predicted octanol–water partition coefficient (Wildman–Crippen LogP) is 1.71. The Labute approximate surface area is 137 Å². The highest BCUT2D eigenvalue weighted by Gasteiger charge is 2.18. The lowest BCUT2D eigenvalue weighted by Crippen LogP contribution is -2.35. The van der Waals surface area contributed by atoms with Crippen LogP contribution in [0.1, 0.15) is 20.3 Å². The average Bonchev–Trinajstić information content (AvgIpc) is 2.79. The second-order valence-electron chi connectivity index (χ2n) is 4.91. The van der Waals surface area contributed by atoms with Crippen molar-refractivity contribution < 1.29 is 18.7 Å². The Hall–Kier alpha value is -2.28. The van der Waals surface area contributed by atoms with Gasteiger partial charge in [0.25, 0.3) is 5.91 Å². The number of oxazole rings is 1. The SMILES string of the molecule is CCNC(=O)C(C)OC(=O)CCn1c(=O)oc2cc(Cl)ccc21. The Kier molecular flexibility index (Phi) is 5.44. The number of aryl methyl sites for hydroxylation is 1. The van der Waals surface area contributed by atoms with Crippen molar-refractivity contribution in [1.29, 1.82) is 0 Å². The van der Waals surface area contributed by atoms with Crippen molar-refractivity contribution in [1.82, 2.24) is 9.88 Å². The molecule has 0 saturated heterocycles. The molecular weight excluding hydrogens is 324 g/mol. The van der Waals surface area contributed by atoms with Crippen LogP contribution in [0.15, 0.2) is 27.4 Å². The zero-order valence-corrected chi connectivity index (χ0v) is 13.6. The smallest absolute Gasteiger partial charge is 0.419 e. The molecule has 0 fully saturated rings. The van der Waals surface area contributed by atoms with Crippen LogP contribution < -0.4 is 11.1 Å². The van der Waals surface area contributed by atoms with Gasteiger partial charge in [-0.1, -0.05) is 11.6 Å². The fourth-order valence-electron chi connectivity index (χ4n) is 2.08. The molecule has 0 spiro atoms. The van der Waals surface area contributed by atoms with Crippen molar-refractivity contribution in [2.75, 3.05) is 6.54 Å². The van der Waals surface area contributed by atoms with Gasteiger partial charge < -0.3 is 14.5 Å². The number of aromatic nitrogens is 1. The zero-order valence-electron chi connectivity index (χ0n) is 12.8. The molecule has 1 aromatic heterocycles. The Balaban J connectivity index is 2.01. The summed E-state index contributed by atoms with van der Waals surface area (Å²) < 4.78 is 11.4. The first-order valence-electron chi connectivity index (χ1n) is 7.18. The van der Waals surface area contributed by atoms with Gasteiger partial charge >= 0.3 is 11.7 Å². The summed E-state index contributed by atoms with van der Waals surface area (Å²) in [6, 6.07) is 4.81. The van der Waals surface area contributed by atoms with E-state index in [1.807, 2.05) is 0 Å². The predicted molar refractivity (Wildman–Crippen MR) is 84.3 cm³/mol. The number of rotatable bonds is 6. The highest BCUT2D eigenvalue weighted by atomic mass is 35.5.